The molecule has 4 nitrogen and oxygen atoms in total. The molecule has 0 aliphatic heterocycles. The van der Waals surface area contributed by atoms with Gasteiger partial charge in [-0.1, -0.05) is 41.4 Å². The van der Waals surface area contributed by atoms with Crippen LogP contribution in [0.2, 0.25) is 5.02 Å². The summed E-state index contributed by atoms with van der Waals surface area (Å²) in [6.07, 6.45) is 1.63. The first-order chi connectivity index (χ1) is 11.6. The number of hydrogen-bond acceptors (Lipinski definition) is 3. The van der Waals surface area contributed by atoms with E-state index in [0.717, 1.165) is 11.3 Å². The van der Waals surface area contributed by atoms with Crippen molar-refractivity contribution in [3.05, 3.63) is 83.0 Å². The average molecular weight is 338 g/mol. The summed E-state index contributed by atoms with van der Waals surface area (Å²) in [6, 6.07) is 18.4. The molecule has 24 heavy (non-hydrogen) atoms. The molecular formula is C19H16ClN3O. The molecule has 0 atom stereocenters. The first-order valence-electron chi connectivity index (χ1n) is 7.48. The van der Waals surface area contributed by atoms with E-state index in [1.807, 2.05) is 49.4 Å². The molecule has 0 bridgehead atoms. The molecule has 0 radical (unpaired) electrons. The quantitative estimate of drug-likeness (QED) is 0.701. The molecular weight excluding hydrogens is 322 g/mol. The van der Waals surface area contributed by atoms with Gasteiger partial charge in [-0.3, -0.25) is 4.79 Å². The van der Waals surface area contributed by atoms with Crippen molar-refractivity contribution in [2.24, 2.45) is 0 Å². The van der Waals surface area contributed by atoms with Gasteiger partial charge in [-0.15, -0.1) is 0 Å². The highest BCUT2D eigenvalue weighted by molar-refractivity contribution is 6.33. The summed E-state index contributed by atoms with van der Waals surface area (Å²) in [5.74, 6) is 0.219. The summed E-state index contributed by atoms with van der Waals surface area (Å²) in [7, 11) is 0. The molecule has 120 valence electrons. The van der Waals surface area contributed by atoms with E-state index >= 15 is 0 Å². The van der Waals surface area contributed by atoms with Crippen molar-refractivity contribution in [1.29, 1.82) is 0 Å². The number of nitrogens with zero attached hydrogens (tertiary/aromatic N) is 1. The normalized spacial score (nSPS) is 10.2. The molecule has 0 unspecified atom stereocenters. The van der Waals surface area contributed by atoms with Crippen LogP contribution in [-0.4, -0.2) is 10.9 Å². The number of halogens is 1. The molecule has 5 heteroatoms. The monoisotopic (exact) mass is 337 g/mol. The van der Waals surface area contributed by atoms with Crippen LogP contribution < -0.4 is 10.6 Å². The fourth-order valence-corrected chi connectivity index (χ4v) is 2.40. The second-order valence-corrected chi connectivity index (χ2v) is 5.73. The molecule has 0 saturated carbocycles. The molecule has 3 rings (SSSR count). The Balaban J connectivity index is 1.84. The van der Waals surface area contributed by atoms with E-state index in [9.17, 15) is 4.79 Å². The van der Waals surface area contributed by atoms with Crippen molar-refractivity contribution in [3.63, 3.8) is 0 Å². The number of para-hydroxylation sites is 1. The Labute approximate surface area is 145 Å². The predicted octanol–water partition coefficient (Wildman–Crippen LogP) is 5.04. The second-order valence-electron chi connectivity index (χ2n) is 5.32. The Kier molecular flexibility index (Phi) is 4.77. The molecule has 1 heterocycles. The molecule has 1 aromatic heterocycles. The van der Waals surface area contributed by atoms with Gasteiger partial charge in [0.1, 0.15) is 5.82 Å². The van der Waals surface area contributed by atoms with Gasteiger partial charge < -0.3 is 10.6 Å². The Hall–Kier alpha value is -2.85. The predicted molar refractivity (Wildman–Crippen MR) is 98.1 cm³/mol. The number of carbonyl (C=O) groups excluding carboxylic acids is 1. The van der Waals surface area contributed by atoms with Crippen LogP contribution in [0.1, 0.15) is 15.9 Å². The van der Waals surface area contributed by atoms with Crippen LogP contribution in [-0.2, 0) is 0 Å². The lowest BCUT2D eigenvalue weighted by Crippen LogP contribution is -2.14. The van der Waals surface area contributed by atoms with Gasteiger partial charge in [-0.2, -0.15) is 0 Å². The summed E-state index contributed by atoms with van der Waals surface area (Å²) >= 11 is 6.16. The van der Waals surface area contributed by atoms with Crippen LogP contribution >= 0.6 is 11.6 Å². The largest absolute Gasteiger partial charge is 0.338 e. The number of nitrogens with one attached hydrogen (secondary N) is 2. The highest BCUT2D eigenvalue weighted by Crippen LogP contribution is 2.26. The summed E-state index contributed by atoms with van der Waals surface area (Å²) < 4.78 is 0. The molecule has 2 aromatic carbocycles. The maximum Gasteiger partial charge on any atom is 0.259 e. The number of anilines is 3. The number of carbonyl (C=O) groups is 1. The van der Waals surface area contributed by atoms with E-state index in [0.29, 0.717) is 22.1 Å². The zero-order chi connectivity index (χ0) is 16.9. The number of aromatic nitrogens is 1. The molecule has 3 aromatic rings. The first kappa shape index (κ1) is 16.0. The lowest BCUT2D eigenvalue weighted by Gasteiger charge is -2.12. The van der Waals surface area contributed by atoms with Crippen LogP contribution in [0.15, 0.2) is 66.9 Å². The van der Waals surface area contributed by atoms with Crippen molar-refractivity contribution in [2.75, 3.05) is 10.6 Å². The minimum atomic E-state index is -0.235. The number of rotatable bonds is 4. The van der Waals surface area contributed by atoms with Crippen molar-refractivity contribution in [2.45, 2.75) is 6.92 Å². The van der Waals surface area contributed by atoms with Crippen LogP contribution in [0, 0.1) is 6.92 Å². The summed E-state index contributed by atoms with van der Waals surface area (Å²) in [5.41, 5.74) is 3.01. The van der Waals surface area contributed by atoms with Crippen molar-refractivity contribution in [3.8, 4) is 0 Å². The molecule has 0 spiro atoms. The smallest absolute Gasteiger partial charge is 0.259 e. The molecule has 1 amide bonds. The number of aryl methyl sites for hydroxylation is 1. The maximum atomic E-state index is 12.6. The van der Waals surface area contributed by atoms with Crippen molar-refractivity contribution < 1.29 is 4.79 Å². The number of amides is 1. The van der Waals surface area contributed by atoms with Crippen LogP contribution in [0.4, 0.5) is 17.2 Å². The van der Waals surface area contributed by atoms with Crippen LogP contribution in [0.5, 0.6) is 0 Å². The number of benzene rings is 2. The van der Waals surface area contributed by atoms with E-state index in [1.165, 1.54) is 0 Å². The molecule has 0 aliphatic rings. The van der Waals surface area contributed by atoms with Gasteiger partial charge in [0.05, 0.1) is 16.3 Å². The highest BCUT2D eigenvalue weighted by atomic mass is 35.5. The van der Waals surface area contributed by atoms with E-state index < -0.39 is 0 Å². The third kappa shape index (κ3) is 3.73. The van der Waals surface area contributed by atoms with E-state index in [-0.39, 0.29) is 5.91 Å². The van der Waals surface area contributed by atoms with Gasteiger partial charge in [0.2, 0.25) is 0 Å². The van der Waals surface area contributed by atoms with E-state index in [2.05, 4.69) is 15.6 Å². The van der Waals surface area contributed by atoms with Crippen LogP contribution in [0.3, 0.4) is 0 Å². The molecule has 0 saturated heterocycles. The Morgan fingerprint density at radius 1 is 1.00 bits per heavy atom. The summed E-state index contributed by atoms with van der Waals surface area (Å²) in [5, 5.41) is 6.55. The number of hydrogen-bond donors (Lipinski definition) is 2. The van der Waals surface area contributed by atoms with E-state index in [1.54, 1.807) is 24.4 Å². The lowest BCUT2D eigenvalue weighted by molar-refractivity contribution is 0.102. The van der Waals surface area contributed by atoms with Gasteiger partial charge in [0, 0.05) is 11.9 Å². The minimum absolute atomic E-state index is 0.235. The fraction of sp³-hybridized carbons (Fsp3) is 0.0526. The molecule has 0 fully saturated rings. The minimum Gasteiger partial charge on any atom is -0.338 e. The zero-order valence-electron chi connectivity index (χ0n) is 13.1. The Bertz CT molecular complexity index is 862. The maximum absolute atomic E-state index is 12.6. The van der Waals surface area contributed by atoms with E-state index in [4.69, 9.17) is 11.6 Å². The average Bonchev–Trinajstić information content (AvgIpc) is 2.59. The zero-order valence-corrected chi connectivity index (χ0v) is 13.8. The molecule has 0 aliphatic carbocycles. The van der Waals surface area contributed by atoms with Gasteiger partial charge in [0.25, 0.3) is 5.91 Å². The van der Waals surface area contributed by atoms with Gasteiger partial charge in [0.15, 0.2) is 0 Å². The second kappa shape index (κ2) is 7.15. The van der Waals surface area contributed by atoms with Crippen molar-refractivity contribution >= 4 is 34.7 Å². The topological polar surface area (TPSA) is 54.0 Å². The Morgan fingerprint density at radius 3 is 2.50 bits per heavy atom. The molecule has 2 N–H and O–H groups in total. The number of pyridine rings is 1. The summed E-state index contributed by atoms with van der Waals surface area (Å²) in [4.78, 5) is 16.8. The van der Waals surface area contributed by atoms with Gasteiger partial charge in [-0.25, -0.2) is 4.98 Å². The standard InChI is InChI=1S/C19H16ClN3O/c1-13-8-10-14(11-9-13)22-19(24)15-5-4-12-21-18(15)23-17-7-3-2-6-16(17)20/h2-12H,1H3,(H,21,23)(H,22,24). The summed E-state index contributed by atoms with van der Waals surface area (Å²) in [6.45, 7) is 2.00. The Morgan fingerprint density at radius 2 is 1.75 bits per heavy atom. The van der Waals surface area contributed by atoms with Gasteiger partial charge >= 0.3 is 0 Å². The lowest BCUT2D eigenvalue weighted by atomic mass is 10.2. The van der Waals surface area contributed by atoms with Crippen molar-refractivity contribution in [1.82, 2.24) is 4.98 Å². The van der Waals surface area contributed by atoms with Crippen LogP contribution in [0.25, 0.3) is 0 Å². The third-order valence-corrected chi connectivity index (χ3v) is 3.82. The highest BCUT2D eigenvalue weighted by Gasteiger charge is 2.13. The third-order valence-electron chi connectivity index (χ3n) is 3.49. The van der Waals surface area contributed by atoms with Gasteiger partial charge in [-0.05, 0) is 43.3 Å². The first-order valence-corrected chi connectivity index (χ1v) is 7.86. The fourth-order valence-electron chi connectivity index (χ4n) is 2.21. The SMILES string of the molecule is Cc1ccc(NC(=O)c2cccnc2Nc2ccccc2Cl)cc1.